The van der Waals surface area contributed by atoms with E-state index in [2.05, 4.69) is 80.6 Å². The number of nitrogens with zero attached hydrogens (tertiary/aromatic N) is 2. The molecule has 0 saturated heterocycles. The van der Waals surface area contributed by atoms with Gasteiger partial charge in [0, 0.05) is 32.8 Å². The molecule has 0 spiro atoms. The number of hydrogen-bond donors (Lipinski definition) is 0. The van der Waals surface area contributed by atoms with Gasteiger partial charge in [0.25, 0.3) is 0 Å². The van der Waals surface area contributed by atoms with Gasteiger partial charge in [-0.15, -0.1) is 11.3 Å². The highest BCUT2D eigenvalue weighted by Crippen LogP contribution is 2.43. The van der Waals surface area contributed by atoms with Crippen LogP contribution in [0, 0.1) is 5.92 Å². The Kier molecular flexibility index (Phi) is 5.03. The molecule has 6 rings (SSSR count). The average molecular weight is 449 g/mol. The lowest BCUT2D eigenvalue weighted by atomic mass is 9.72. The molecular formula is C30H28N2S. The second-order valence-electron chi connectivity index (χ2n) is 9.86. The highest BCUT2D eigenvalue weighted by atomic mass is 32.1. The van der Waals surface area contributed by atoms with Crippen LogP contribution in [-0.4, -0.2) is 9.97 Å². The smallest absolute Gasteiger partial charge is 0.125 e. The minimum atomic E-state index is 0.186. The second kappa shape index (κ2) is 8.07. The average Bonchev–Trinajstić information content (AvgIpc) is 3.53. The summed E-state index contributed by atoms with van der Waals surface area (Å²) in [7, 11) is 0. The van der Waals surface area contributed by atoms with E-state index in [-0.39, 0.29) is 5.41 Å². The molecule has 0 N–H and O–H groups in total. The molecule has 3 heterocycles. The minimum Gasteiger partial charge on any atom is -0.256 e. The maximum atomic E-state index is 4.98. The van der Waals surface area contributed by atoms with E-state index >= 15 is 0 Å². The Bertz CT molecular complexity index is 1440. The summed E-state index contributed by atoms with van der Waals surface area (Å²) in [5, 5.41) is 2.49. The fourth-order valence-corrected chi connectivity index (χ4v) is 6.51. The number of thiophene rings is 1. The second-order valence-corrected chi connectivity index (χ2v) is 10.9. The zero-order chi connectivity index (χ0) is 22.4. The van der Waals surface area contributed by atoms with Gasteiger partial charge in [-0.2, -0.15) is 0 Å². The van der Waals surface area contributed by atoms with Crippen molar-refractivity contribution in [3.05, 3.63) is 84.6 Å². The number of aromatic nitrogens is 2. The van der Waals surface area contributed by atoms with Gasteiger partial charge in [0.1, 0.15) is 4.83 Å². The van der Waals surface area contributed by atoms with Crippen LogP contribution >= 0.6 is 11.3 Å². The summed E-state index contributed by atoms with van der Waals surface area (Å²) in [6, 6.07) is 26.0. The summed E-state index contributed by atoms with van der Waals surface area (Å²) >= 11 is 1.77. The van der Waals surface area contributed by atoms with Crippen molar-refractivity contribution in [2.24, 2.45) is 5.92 Å². The first-order chi connectivity index (χ1) is 16.1. The van der Waals surface area contributed by atoms with Crippen molar-refractivity contribution >= 4 is 31.6 Å². The Morgan fingerprint density at radius 1 is 0.788 bits per heavy atom. The highest BCUT2D eigenvalue weighted by Gasteiger charge is 2.33. The van der Waals surface area contributed by atoms with Crippen LogP contribution in [0.3, 0.4) is 0 Å². The molecule has 0 aliphatic heterocycles. The van der Waals surface area contributed by atoms with E-state index < -0.39 is 0 Å². The fraction of sp³-hybridized carbons (Fsp3) is 0.267. The van der Waals surface area contributed by atoms with E-state index in [1.54, 1.807) is 11.3 Å². The van der Waals surface area contributed by atoms with E-state index in [0.29, 0.717) is 0 Å². The third-order valence-corrected chi connectivity index (χ3v) is 8.66. The first-order valence-electron chi connectivity index (χ1n) is 12.0. The third-order valence-electron chi connectivity index (χ3n) is 7.58. The van der Waals surface area contributed by atoms with Gasteiger partial charge in [0.05, 0.1) is 11.4 Å². The van der Waals surface area contributed by atoms with Crippen LogP contribution < -0.4 is 0 Å². The van der Waals surface area contributed by atoms with Crippen LogP contribution in [0.4, 0.5) is 0 Å². The predicted octanol–water partition coefficient (Wildman–Crippen LogP) is 8.65. The summed E-state index contributed by atoms with van der Waals surface area (Å²) < 4.78 is 1.27. The van der Waals surface area contributed by atoms with Crippen molar-refractivity contribution in [2.45, 2.75) is 44.9 Å². The molecular weight excluding hydrogens is 420 g/mol. The normalized spacial score (nSPS) is 15.0. The lowest BCUT2D eigenvalue weighted by molar-refractivity contribution is 0.325. The van der Waals surface area contributed by atoms with Gasteiger partial charge in [-0.05, 0) is 66.1 Å². The first kappa shape index (κ1) is 20.6. The molecule has 164 valence electrons. The van der Waals surface area contributed by atoms with E-state index in [4.69, 9.17) is 9.97 Å². The van der Waals surface area contributed by atoms with Crippen LogP contribution in [0.15, 0.2) is 79.0 Å². The molecule has 0 atom stereocenters. The summed E-state index contributed by atoms with van der Waals surface area (Å²) in [6.07, 6.45) is 7.41. The zero-order valence-electron chi connectivity index (χ0n) is 19.2. The van der Waals surface area contributed by atoms with Gasteiger partial charge in [-0.3, -0.25) is 4.98 Å². The summed E-state index contributed by atoms with van der Waals surface area (Å²) in [5.74, 6) is 0.765. The Morgan fingerprint density at radius 2 is 1.61 bits per heavy atom. The van der Waals surface area contributed by atoms with Gasteiger partial charge in [0.15, 0.2) is 0 Å². The number of hydrogen-bond acceptors (Lipinski definition) is 3. The lowest BCUT2D eigenvalue weighted by Gasteiger charge is -2.32. The standard InChI is InChI=1S/C30H28N2S/c1-30(2,22-10-6-7-11-22)23-16-17-31-27(19-23)21-12-15-28-25(18-21)24-13-14-26(32-29(24)33-28)20-8-4-3-5-9-20/h3-5,8-9,12-19,22H,6-7,10-11H2,1-2H3. The Labute approximate surface area is 199 Å². The van der Waals surface area contributed by atoms with Crippen molar-refractivity contribution < 1.29 is 0 Å². The van der Waals surface area contributed by atoms with E-state index in [9.17, 15) is 0 Å². The van der Waals surface area contributed by atoms with Crippen molar-refractivity contribution in [3.8, 4) is 22.5 Å². The van der Waals surface area contributed by atoms with Gasteiger partial charge in [-0.25, -0.2) is 4.98 Å². The topological polar surface area (TPSA) is 25.8 Å². The Hall–Kier alpha value is -3.04. The third kappa shape index (κ3) is 3.65. The molecule has 0 bridgehead atoms. The maximum Gasteiger partial charge on any atom is 0.125 e. The van der Waals surface area contributed by atoms with E-state index in [1.807, 2.05) is 12.3 Å². The zero-order valence-corrected chi connectivity index (χ0v) is 20.0. The molecule has 0 unspecified atom stereocenters. The number of rotatable bonds is 4. The van der Waals surface area contributed by atoms with Crippen molar-refractivity contribution in [3.63, 3.8) is 0 Å². The highest BCUT2D eigenvalue weighted by molar-refractivity contribution is 7.25. The van der Waals surface area contributed by atoms with Gasteiger partial charge in [-0.1, -0.05) is 63.1 Å². The lowest BCUT2D eigenvalue weighted by Crippen LogP contribution is -2.26. The van der Waals surface area contributed by atoms with Crippen molar-refractivity contribution in [1.29, 1.82) is 0 Å². The predicted molar refractivity (Wildman–Crippen MR) is 141 cm³/mol. The minimum absolute atomic E-state index is 0.186. The molecule has 0 radical (unpaired) electrons. The van der Waals surface area contributed by atoms with Crippen LogP contribution in [-0.2, 0) is 5.41 Å². The SMILES string of the molecule is CC(C)(c1ccnc(-c2ccc3sc4nc(-c5ccccc5)ccc4c3c2)c1)C1CCCC1. The monoisotopic (exact) mass is 448 g/mol. The van der Waals surface area contributed by atoms with Crippen LogP contribution in [0.25, 0.3) is 42.8 Å². The molecule has 3 aromatic heterocycles. The largest absolute Gasteiger partial charge is 0.256 e. The van der Waals surface area contributed by atoms with E-state index in [1.165, 1.54) is 52.3 Å². The number of fused-ring (bicyclic) bond motifs is 3. The van der Waals surface area contributed by atoms with Gasteiger partial charge in [0.2, 0.25) is 0 Å². The van der Waals surface area contributed by atoms with Crippen molar-refractivity contribution in [2.75, 3.05) is 0 Å². The Balaban J connectivity index is 1.40. The van der Waals surface area contributed by atoms with Crippen LogP contribution in [0.2, 0.25) is 0 Å². The van der Waals surface area contributed by atoms with Crippen LogP contribution in [0.1, 0.15) is 45.1 Å². The molecule has 5 aromatic rings. The number of benzene rings is 2. The first-order valence-corrected chi connectivity index (χ1v) is 12.8. The quantitative estimate of drug-likeness (QED) is 0.275. The van der Waals surface area contributed by atoms with Gasteiger partial charge >= 0.3 is 0 Å². The Morgan fingerprint density at radius 3 is 2.42 bits per heavy atom. The molecule has 3 heteroatoms. The molecule has 1 aliphatic rings. The van der Waals surface area contributed by atoms with Crippen LogP contribution in [0.5, 0.6) is 0 Å². The van der Waals surface area contributed by atoms with E-state index in [0.717, 1.165) is 27.7 Å². The molecule has 1 fully saturated rings. The molecule has 33 heavy (non-hydrogen) atoms. The van der Waals surface area contributed by atoms with Gasteiger partial charge < -0.3 is 0 Å². The van der Waals surface area contributed by atoms with Crippen molar-refractivity contribution in [1.82, 2.24) is 9.97 Å². The summed E-state index contributed by atoms with van der Waals surface area (Å²) in [4.78, 5) is 10.8. The number of pyridine rings is 2. The summed E-state index contributed by atoms with van der Waals surface area (Å²) in [5.41, 5.74) is 6.02. The molecule has 1 aliphatic carbocycles. The molecule has 1 saturated carbocycles. The molecule has 0 amide bonds. The molecule has 2 aromatic carbocycles. The molecule has 2 nitrogen and oxygen atoms in total. The summed E-state index contributed by atoms with van der Waals surface area (Å²) in [6.45, 7) is 4.82. The maximum absolute atomic E-state index is 4.98. The fourth-order valence-electron chi connectivity index (χ4n) is 5.46.